The van der Waals surface area contributed by atoms with Crippen LogP contribution in [0.4, 0.5) is 0 Å². The fourth-order valence-corrected chi connectivity index (χ4v) is 2.00. The van der Waals surface area contributed by atoms with Crippen molar-refractivity contribution in [3.8, 4) is 0 Å². The highest BCUT2D eigenvalue weighted by Crippen LogP contribution is 2.38. The lowest BCUT2D eigenvalue weighted by Crippen LogP contribution is -2.50. The summed E-state index contributed by atoms with van der Waals surface area (Å²) in [4.78, 5) is 0. The van der Waals surface area contributed by atoms with Crippen molar-refractivity contribution in [2.75, 3.05) is 19.8 Å². The summed E-state index contributed by atoms with van der Waals surface area (Å²) < 4.78 is 5.22. The van der Waals surface area contributed by atoms with Gasteiger partial charge in [-0.3, -0.25) is 0 Å². The van der Waals surface area contributed by atoms with Gasteiger partial charge in [0.25, 0.3) is 0 Å². The molecule has 1 rings (SSSR count). The molecule has 0 aromatic heterocycles. The van der Waals surface area contributed by atoms with E-state index in [2.05, 4.69) is 20.8 Å². The zero-order chi connectivity index (χ0) is 8.48. The minimum atomic E-state index is 0.364. The Bertz CT molecular complexity index is 130. The van der Waals surface area contributed by atoms with Gasteiger partial charge in [-0.15, -0.1) is 0 Å². The van der Waals surface area contributed by atoms with E-state index in [1.165, 1.54) is 0 Å². The molecule has 2 heteroatoms. The van der Waals surface area contributed by atoms with Crippen molar-refractivity contribution >= 4 is 0 Å². The zero-order valence-corrected chi connectivity index (χ0v) is 7.76. The standard InChI is InChI=1S/C9H19NO/c1-7(2)8(4-10)9(3)5-11-6-9/h7-8H,4-6,10H2,1-3H3. The van der Waals surface area contributed by atoms with E-state index >= 15 is 0 Å². The molecule has 11 heavy (non-hydrogen) atoms. The summed E-state index contributed by atoms with van der Waals surface area (Å²) >= 11 is 0. The molecule has 1 aliphatic heterocycles. The number of hydrogen-bond acceptors (Lipinski definition) is 2. The van der Waals surface area contributed by atoms with E-state index < -0.39 is 0 Å². The first-order valence-electron chi connectivity index (χ1n) is 4.38. The van der Waals surface area contributed by atoms with E-state index in [1.54, 1.807) is 0 Å². The van der Waals surface area contributed by atoms with E-state index in [4.69, 9.17) is 10.5 Å². The first kappa shape index (κ1) is 9.01. The molecule has 1 saturated heterocycles. The molecule has 1 aliphatic rings. The molecule has 66 valence electrons. The molecule has 0 saturated carbocycles. The smallest absolute Gasteiger partial charge is 0.0545 e. The summed E-state index contributed by atoms with van der Waals surface area (Å²) in [5.74, 6) is 1.30. The molecule has 0 aromatic rings. The first-order chi connectivity index (χ1) is 5.10. The van der Waals surface area contributed by atoms with Crippen molar-refractivity contribution in [3.63, 3.8) is 0 Å². The largest absolute Gasteiger partial charge is 0.380 e. The first-order valence-corrected chi connectivity index (χ1v) is 4.38. The molecule has 1 atom stereocenters. The van der Waals surface area contributed by atoms with Crippen LogP contribution < -0.4 is 5.73 Å². The third kappa shape index (κ3) is 1.57. The van der Waals surface area contributed by atoms with Crippen LogP contribution in [0.5, 0.6) is 0 Å². The highest BCUT2D eigenvalue weighted by Gasteiger charge is 2.41. The Morgan fingerprint density at radius 2 is 2.00 bits per heavy atom. The van der Waals surface area contributed by atoms with E-state index in [0.29, 0.717) is 17.3 Å². The van der Waals surface area contributed by atoms with Gasteiger partial charge in [0.05, 0.1) is 13.2 Å². The second kappa shape index (κ2) is 3.11. The molecule has 0 radical (unpaired) electrons. The van der Waals surface area contributed by atoms with Gasteiger partial charge in [-0.05, 0) is 18.4 Å². The van der Waals surface area contributed by atoms with Crippen LogP contribution in [0.15, 0.2) is 0 Å². The van der Waals surface area contributed by atoms with Crippen LogP contribution in [-0.4, -0.2) is 19.8 Å². The quantitative estimate of drug-likeness (QED) is 0.669. The summed E-state index contributed by atoms with van der Waals surface area (Å²) in [6.07, 6.45) is 0. The van der Waals surface area contributed by atoms with Crippen LogP contribution in [0.1, 0.15) is 20.8 Å². The van der Waals surface area contributed by atoms with Crippen molar-refractivity contribution in [1.82, 2.24) is 0 Å². The van der Waals surface area contributed by atoms with Gasteiger partial charge < -0.3 is 10.5 Å². The molecular weight excluding hydrogens is 138 g/mol. The Kier molecular flexibility index (Phi) is 2.55. The Morgan fingerprint density at radius 3 is 2.09 bits per heavy atom. The lowest BCUT2D eigenvalue weighted by molar-refractivity contribution is -0.141. The van der Waals surface area contributed by atoms with Gasteiger partial charge in [0.1, 0.15) is 0 Å². The third-order valence-electron chi connectivity index (χ3n) is 2.82. The summed E-state index contributed by atoms with van der Waals surface area (Å²) in [5, 5.41) is 0. The lowest BCUT2D eigenvalue weighted by atomic mass is 9.70. The molecule has 0 aliphatic carbocycles. The molecule has 0 spiro atoms. The number of rotatable bonds is 3. The van der Waals surface area contributed by atoms with Gasteiger partial charge in [0.15, 0.2) is 0 Å². The van der Waals surface area contributed by atoms with E-state index in [-0.39, 0.29) is 0 Å². The van der Waals surface area contributed by atoms with Gasteiger partial charge in [-0.2, -0.15) is 0 Å². The predicted octanol–water partition coefficient (Wildman–Crippen LogP) is 1.25. The van der Waals surface area contributed by atoms with Gasteiger partial charge in [0.2, 0.25) is 0 Å². The third-order valence-corrected chi connectivity index (χ3v) is 2.82. The Hall–Kier alpha value is -0.0800. The van der Waals surface area contributed by atoms with Gasteiger partial charge in [-0.1, -0.05) is 20.8 Å². The molecule has 0 bridgehead atoms. The zero-order valence-electron chi connectivity index (χ0n) is 7.76. The molecule has 1 heterocycles. The average Bonchev–Trinajstić information content (AvgIpc) is 1.85. The van der Waals surface area contributed by atoms with Crippen molar-refractivity contribution in [2.24, 2.45) is 23.0 Å². The van der Waals surface area contributed by atoms with Gasteiger partial charge in [0, 0.05) is 5.41 Å². The summed E-state index contributed by atoms with van der Waals surface area (Å²) in [5.41, 5.74) is 6.08. The van der Waals surface area contributed by atoms with Gasteiger partial charge >= 0.3 is 0 Å². The summed E-state index contributed by atoms with van der Waals surface area (Å²) in [7, 11) is 0. The molecule has 2 nitrogen and oxygen atoms in total. The van der Waals surface area contributed by atoms with Crippen molar-refractivity contribution in [1.29, 1.82) is 0 Å². The van der Waals surface area contributed by atoms with Crippen LogP contribution in [-0.2, 0) is 4.74 Å². The SMILES string of the molecule is CC(C)C(CN)C1(C)COC1. The van der Waals surface area contributed by atoms with E-state index in [9.17, 15) is 0 Å². The fourth-order valence-electron chi connectivity index (χ4n) is 2.00. The van der Waals surface area contributed by atoms with Crippen molar-refractivity contribution in [3.05, 3.63) is 0 Å². The van der Waals surface area contributed by atoms with Crippen LogP contribution in [0.3, 0.4) is 0 Å². The lowest BCUT2D eigenvalue weighted by Gasteiger charge is -2.46. The monoisotopic (exact) mass is 157 g/mol. The van der Waals surface area contributed by atoms with E-state index in [0.717, 1.165) is 19.8 Å². The van der Waals surface area contributed by atoms with Crippen LogP contribution in [0, 0.1) is 17.3 Å². The van der Waals surface area contributed by atoms with Crippen LogP contribution in [0.2, 0.25) is 0 Å². The van der Waals surface area contributed by atoms with Crippen molar-refractivity contribution < 1.29 is 4.74 Å². The summed E-state index contributed by atoms with van der Waals surface area (Å²) in [6.45, 7) is 9.33. The summed E-state index contributed by atoms with van der Waals surface area (Å²) in [6, 6.07) is 0. The second-order valence-electron chi connectivity index (χ2n) is 4.23. The van der Waals surface area contributed by atoms with Crippen LogP contribution >= 0.6 is 0 Å². The number of ether oxygens (including phenoxy) is 1. The topological polar surface area (TPSA) is 35.2 Å². The highest BCUT2D eigenvalue weighted by molar-refractivity contribution is 4.89. The fraction of sp³-hybridized carbons (Fsp3) is 1.00. The molecule has 1 fully saturated rings. The number of nitrogens with two attached hydrogens (primary N) is 1. The Morgan fingerprint density at radius 1 is 1.45 bits per heavy atom. The Labute approximate surface area is 69.1 Å². The highest BCUT2D eigenvalue weighted by atomic mass is 16.5. The van der Waals surface area contributed by atoms with Gasteiger partial charge in [-0.25, -0.2) is 0 Å². The minimum absolute atomic E-state index is 0.364. The maximum absolute atomic E-state index is 5.71. The average molecular weight is 157 g/mol. The number of hydrogen-bond donors (Lipinski definition) is 1. The van der Waals surface area contributed by atoms with Crippen molar-refractivity contribution in [2.45, 2.75) is 20.8 Å². The van der Waals surface area contributed by atoms with E-state index in [1.807, 2.05) is 0 Å². The Balaban J connectivity index is 2.53. The predicted molar refractivity (Wildman–Crippen MR) is 46.3 cm³/mol. The molecule has 0 amide bonds. The second-order valence-corrected chi connectivity index (χ2v) is 4.23. The molecule has 2 N–H and O–H groups in total. The molecule has 1 unspecified atom stereocenters. The molecular formula is C9H19NO. The maximum Gasteiger partial charge on any atom is 0.0545 e. The minimum Gasteiger partial charge on any atom is -0.380 e. The molecule has 0 aromatic carbocycles. The van der Waals surface area contributed by atoms with Crippen LogP contribution in [0.25, 0.3) is 0 Å². The normalized spacial score (nSPS) is 24.8. The maximum atomic E-state index is 5.71.